The molecule has 0 saturated carbocycles. The number of benzene rings is 1. The van der Waals surface area contributed by atoms with Gasteiger partial charge in [-0.2, -0.15) is 0 Å². The van der Waals surface area contributed by atoms with Crippen LogP contribution in [0.25, 0.3) is 0 Å². The van der Waals surface area contributed by atoms with Gasteiger partial charge in [-0.05, 0) is 32.4 Å². The Balaban J connectivity index is 2.23. The number of nitrogens with one attached hydrogen (secondary N) is 1. The fraction of sp³-hybridized carbons (Fsp3) is 0.462. The van der Waals surface area contributed by atoms with Crippen molar-refractivity contribution in [3.63, 3.8) is 0 Å². The first-order chi connectivity index (χ1) is 9.71. The predicted octanol–water partition coefficient (Wildman–Crippen LogP) is 1.34. The molecule has 116 valence electrons. The number of ether oxygens (including phenoxy) is 2. The summed E-state index contributed by atoms with van der Waals surface area (Å²) in [6, 6.07) is 4.60. The van der Waals surface area contributed by atoms with Gasteiger partial charge in [-0.3, -0.25) is 4.79 Å². The fourth-order valence-electron chi connectivity index (χ4n) is 2.00. The first-order valence-corrected chi connectivity index (χ1v) is 7.84. The lowest BCUT2D eigenvalue weighted by Gasteiger charge is -2.25. The molecule has 1 aromatic rings. The summed E-state index contributed by atoms with van der Waals surface area (Å²) in [5.74, 6) is -0.417. The van der Waals surface area contributed by atoms with E-state index in [0.717, 1.165) is 0 Å². The van der Waals surface area contributed by atoms with Gasteiger partial charge < -0.3 is 14.6 Å². The molecule has 0 spiro atoms. The molecule has 0 fully saturated rings. The van der Waals surface area contributed by atoms with E-state index in [4.69, 9.17) is 14.6 Å². The molecule has 7 nitrogen and oxygen atoms in total. The smallest absolute Gasteiger partial charge is 0.303 e. The van der Waals surface area contributed by atoms with Gasteiger partial charge in [0.05, 0.1) is 0 Å². The zero-order valence-corrected chi connectivity index (χ0v) is 12.6. The van der Waals surface area contributed by atoms with E-state index in [1.807, 2.05) is 0 Å². The van der Waals surface area contributed by atoms with Crippen molar-refractivity contribution in [2.75, 3.05) is 6.79 Å². The van der Waals surface area contributed by atoms with Crippen LogP contribution in [-0.2, 0) is 14.8 Å². The number of hydrogen-bond donors (Lipinski definition) is 2. The van der Waals surface area contributed by atoms with E-state index in [-0.39, 0.29) is 30.3 Å². The lowest BCUT2D eigenvalue weighted by molar-refractivity contribution is -0.137. The number of hydrogen-bond acceptors (Lipinski definition) is 5. The maximum Gasteiger partial charge on any atom is 0.303 e. The molecule has 0 saturated heterocycles. The van der Waals surface area contributed by atoms with Crippen molar-refractivity contribution >= 4 is 16.0 Å². The van der Waals surface area contributed by atoms with Gasteiger partial charge in [-0.25, -0.2) is 13.1 Å². The number of carboxylic acid groups (broad SMARTS) is 1. The van der Waals surface area contributed by atoms with Crippen LogP contribution in [-0.4, -0.2) is 31.8 Å². The van der Waals surface area contributed by atoms with E-state index in [2.05, 4.69) is 4.72 Å². The van der Waals surface area contributed by atoms with E-state index in [1.54, 1.807) is 26.0 Å². The molecule has 0 aromatic heterocycles. The van der Waals surface area contributed by atoms with Crippen molar-refractivity contribution in [3.8, 4) is 11.5 Å². The van der Waals surface area contributed by atoms with Crippen LogP contribution < -0.4 is 14.2 Å². The molecular weight excluding hydrogens is 298 g/mol. The number of rotatable bonds is 6. The SMILES string of the molecule is CC(C)(CCC(=O)O)NS(=O)(=O)c1cccc2c1OCO2. The Kier molecular flexibility index (Phi) is 4.11. The Morgan fingerprint density at radius 1 is 1.38 bits per heavy atom. The lowest BCUT2D eigenvalue weighted by atomic mass is 10.0. The van der Waals surface area contributed by atoms with Crippen molar-refractivity contribution in [2.45, 2.75) is 37.1 Å². The molecule has 2 rings (SSSR count). The van der Waals surface area contributed by atoms with Crippen LogP contribution in [0.1, 0.15) is 26.7 Å². The Morgan fingerprint density at radius 2 is 2.10 bits per heavy atom. The third-order valence-electron chi connectivity index (χ3n) is 3.02. The summed E-state index contributed by atoms with van der Waals surface area (Å²) in [5, 5.41) is 8.71. The molecule has 1 heterocycles. The Bertz CT molecular complexity index is 653. The standard InChI is InChI=1S/C13H17NO6S/c1-13(2,7-6-11(15)16)14-21(17,18)10-5-3-4-9-12(10)20-8-19-9/h3-5,14H,6-8H2,1-2H3,(H,15,16). The summed E-state index contributed by atoms with van der Waals surface area (Å²) in [6.45, 7) is 3.24. The normalized spacial score (nSPS) is 14.2. The molecule has 0 amide bonds. The summed E-state index contributed by atoms with van der Waals surface area (Å²) < 4.78 is 37.8. The number of carbonyl (C=O) groups is 1. The summed E-state index contributed by atoms with van der Waals surface area (Å²) >= 11 is 0. The number of carboxylic acids is 1. The number of fused-ring (bicyclic) bond motifs is 1. The van der Waals surface area contributed by atoms with E-state index in [9.17, 15) is 13.2 Å². The van der Waals surface area contributed by atoms with Crippen LogP contribution in [0.4, 0.5) is 0 Å². The molecule has 0 aliphatic carbocycles. The average molecular weight is 315 g/mol. The second kappa shape index (κ2) is 5.53. The fourth-order valence-corrected chi connectivity index (χ4v) is 3.61. The van der Waals surface area contributed by atoms with E-state index >= 15 is 0 Å². The molecule has 0 unspecified atom stereocenters. The summed E-state index contributed by atoms with van der Waals surface area (Å²) in [6.07, 6.45) is 0.0516. The third kappa shape index (κ3) is 3.64. The first-order valence-electron chi connectivity index (χ1n) is 6.36. The molecule has 8 heteroatoms. The van der Waals surface area contributed by atoms with Crippen LogP contribution in [0.2, 0.25) is 0 Å². The average Bonchev–Trinajstić information content (AvgIpc) is 2.83. The zero-order valence-electron chi connectivity index (χ0n) is 11.8. The van der Waals surface area contributed by atoms with Crippen LogP contribution in [0, 0.1) is 0 Å². The Labute approximate surface area is 122 Å². The second-order valence-electron chi connectivity index (χ2n) is 5.37. The van der Waals surface area contributed by atoms with Crippen molar-refractivity contribution in [2.24, 2.45) is 0 Å². The predicted molar refractivity (Wildman–Crippen MR) is 73.8 cm³/mol. The molecule has 2 N–H and O–H groups in total. The maximum atomic E-state index is 12.5. The molecule has 1 aliphatic heterocycles. The molecule has 0 atom stereocenters. The topological polar surface area (TPSA) is 102 Å². The minimum atomic E-state index is -3.84. The van der Waals surface area contributed by atoms with Gasteiger partial charge in [-0.1, -0.05) is 6.07 Å². The Hall–Kier alpha value is -1.80. The minimum absolute atomic E-state index is 0.0131. The summed E-state index contributed by atoms with van der Waals surface area (Å²) in [4.78, 5) is 10.6. The highest BCUT2D eigenvalue weighted by molar-refractivity contribution is 7.89. The van der Waals surface area contributed by atoms with Crippen molar-refractivity contribution < 1.29 is 27.8 Å². The lowest BCUT2D eigenvalue weighted by Crippen LogP contribution is -2.43. The highest BCUT2D eigenvalue weighted by Crippen LogP contribution is 2.38. The number of sulfonamides is 1. The highest BCUT2D eigenvalue weighted by Gasteiger charge is 2.31. The first kappa shape index (κ1) is 15.6. The van der Waals surface area contributed by atoms with Gasteiger partial charge >= 0.3 is 5.97 Å². The molecular formula is C13H17NO6S. The van der Waals surface area contributed by atoms with Gasteiger partial charge in [0.25, 0.3) is 0 Å². The van der Waals surface area contributed by atoms with Crippen molar-refractivity contribution in [1.82, 2.24) is 4.72 Å². The quantitative estimate of drug-likeness (QED) is 0.821. The van der Waals surface area contributed by atoms with Crippen LogP contribution in [0.5, 0.6) is 11.5 Å². The minimum Gasteiger partial charge on any atom is -0.481 e. The molecule has 1 aromatic carbocycles. The number of aliphatic carboxylic acids is 1. The van der Waals surface area contributed by atoms with E-state index < -0.39 is 21.5 Å². The van der Waals surface area contributed by atoms with Crippen LogP contribution in [0.15, 0.2) is 23.1 Å². The number of para-hydroxylation sites is 1. The summed E-state index contributed by atoms with van der Waals surface area (Å²) in [5.41, 5.74) is -0.889. The van der Waals surface area contributed by atoms with Gasteiger partial charge in [0.1, 0.15) is 4.90 Å². The van der Waals surface area contributed by atoms with Gasteiger partial charge in [0.15, 0.2) is 11.5 Å². The monoisotopic (exact) mass is 315 g/mol. The zero-order chi connectivity index (χ0) is 15.7. The second-order valence-corrected chi connectivity index (χ2v) is 7.02. The molecule has 0 bridgehead atoms. The van der Waals surface area contributed by atoms with Gasteiger partial charge in [0.2, 0.25) is 16.8 Å². The summed E-state index contributed by atoms with van der Waals surface area (Å²) in [7, 11) is -3.84. The van der Waals surface area contributed by atoms with Gasteiger partial charge in [0, 0.05) is 12.0 Å². The van der Waals surface area contributed by atoms with Crippen LogP contribution in [0.3, 0.4) is 0 Å². The third-order valence-corrected chi connectivity index (χ3v) is 4.75. The largest absolute Gasteiger partial charge is 0.481 e. The van der Waals surface area contributed by atoms with Crippen molar-refractivity contribution in [1.29, 1.82) is 0 Å². The van der Waals surface area contributed by atoms with E-state index in [0.29, 0.717) is 5.75 Å². The Morgan fingerprint density at radius 3 is 2.76 bits per heavy atom. The van der Waals surface area contributed by atoms with Crippen LogP contribution >= 0.6 is 0 Å². The molecule has 0 radical (unpaired) electrons. The highest BCUT2D eigenvalue weighted by atomic mass is 32.2. The van der Waals surface area contributed by atoms with Crippen molar-refractivity contribution in [3.05, 3.63) is 18.2 Å². The molecule has 21 heavy (non-hydrogen) atoms. The van der Waals surface area contributed by atoms with Gasteiger partial charge in [-0.15, -0.1) is 0 Å². The van der Waals surface area contributed by atoms with E-state index in [1.165, 1.54) is 6.07 Å². The maximum absolute atomic E-state index is 12.5. The molecule has 1 aliphatic rings.